The third-order valence-electron chi connectivity index (χ3n) is 8.17. The fourth-order valence-electron chi connectivity index (χ4n) is 6.37. The molecule has 14 heteroatoms. The molecule has 0 saturated heterocycles. The van der Waals surface area contributed by atoms with E-state index in [1.165, 1.54) is 0 Å². The summed E-state index contributed by atoms with van der Waals surface area (Å²) in [6.07, 6.45) is -4.00. The van der Waals surface area contributed by atoms with Crippen molar-refractivity contribution in [2.24, 2.45) is 11.8 Å². The quantitative estimate of drug-likeness (QED) is 0.278. The number of fused-ring (bicyclic) bond motifs is 5. The molecule has 3 N–H and O–H groups in total. The number of hydrogen-bond acceptors (Lipinski definition) is 8. The van der Waals surface area contributed by atoms with Gasteiger partial charge in [0.25, 0.3) is 0 Å². The molecule has 6 rings (SSSR count). The smallest absolute Gasteiger partial charge is 0.417 e. The van der Waals surface area contributed by atoms with Crippen molar-refractivity contribution in [2.45, 2.75) is 42.5 Å². The van der Waals surface area contributed by atoms with E-state index in [1.54, 1.807) is 30.3 Å². The van der Waals surface area contributed by atoms with Crippen molar-refractivity contribution in [3.63, 3.8) is 0 Å². The molecular weight excluding hydrogens is 595 g/mol. The summed E-state index contributed by atoms with van der Waals surface area (Å²) in [5, 5.41) is 28.6. The minimum atomic E-state index is -5.07. The molecule has 2 aromatic rings. The van der Waals surface area contributed by atoms with Gasteiger partial charge in [0, 0.05) is 11.1 Å². The van der Waals surface area contributed by atoms with Crippen LogP contribution in [0.3, 0.4) is 0 Å². The van der Waals surface area contributed by atoms with Crippen molar-refractivity contribution in [2.75, 3.05) is 0 Å². The number of benzene rings is 2. The zero-order valence-electron chi connectivity index (χ0n) is 21.9. The normalized spacial score (nSPS) is 24.6. The van der Waals surface area contributed by atoms with Gasteiger partial charge in [0.2, 0.25) is 0 Å². The van der Waals surface area contributed by atoms with Crippen molar-refractivity contribution in [3.05, 3.63) is 87.7 Å². The summed E-state index contributed by atoms with van der Waals surface area (Å²) in [6, 6.07) is 10.2. The van der Waals surface area contributed by atoms with Crippen LogP contribution < -0.4 is 0 Å². The number of aliphatic carboxylic acids is 2. The molecule has 2 fully saturated rings. The first-order valence-corrected chi connectivity index (χ1v) is 14.5. The Balaban J connectivity index is 1.38. The predicted molar refractivity (Wildman–Crippen MR) is 142 cm³/mol. The number of nitrogens with one attached hydrogen (secondary N) is 1. The van der Waals surface area contributed by atoms with E-state index in [4.69, 9.17) is 19.4 Å². The number of hydrogen-bond donors (Lipinski definition) is 3. The SMILES string of the molecule is N=C1C2=Cc3ccccc3C2=C(OC2C3CCC(C3)C2OOS(=O)(=O)c2ccccc2C(F)(F)F)C(C(=O)O)=C1C(=O)O. The highest BCUT2D eigenvalue weighted by molar-refractivity contribution is 7.86. The van der Waals surface area contributed by atoms with E-state index >= 15 is 0 Å². The van der Waals surface area contributed by atoms with Gasteiger partial charge in [-0.15, -0.1) is 4.33 Å². The van der Waals surface area contributed by atoms with Gasteiger partial charge in [0.1, 0.15) is 34.0 Å². The molecule has 0 aromatic heterocycles. The molecule has 0 amide bonds. The number of carbonyl (C=O) groups is 2. The molecule has 4 atom stereocenters. The maximum Gasteiger partial charge on any atom is 0.417 e. The second-order valence-electron chi connectivity index (χ2n) is 10.6. The van der Waals surface area contributed by atoms with Crippen LogP contribution >= 0.6 is 0 Å². The number of halogens is 3. The van der Waals surface area contributed by atoms with Crippen LogP contribution in [-0.4, -0.2) is 48.5 Å². The van der Waals surface area contributed by atoms with Gasteiger partial charge < -0.3 is 14.9 Å². The molecule has 0 heterocycles. The van der Waals surface area contributed by atoms with E-state index in [9.17, 15) is 41.4 Å². The first kappa shape index (κ1) is 28.8. The van der Waals surface area contributed by atoms with Crippen LogP contribution in [0.5, 0.6) is 0 Å². The van der Waals surface area contributed by atoms with Gasteiger partial charge in [-0.05, 0) is 60.4 Å². The van der Waals surface area contributed by atoms with E-state index < -0.39 is 67.8 Å². The van der Waals surface area contributed by atoms with E-state index in [2.05, 4.69) is 0 Å². The van der Waals surface area contributed by atoms with Crippen LogP contribution in [0, 0.1) is 17.2 Å². The minimum absolute atomic E-state index is 0.141. The molecule has 0 radical (unpaired) electrons. The van der Waals surface area contributed by atoms with Crippen molar-refractivity contribution in [1.29, 1.82) is 5.41 Å². The third kappa shape index (κ3) is 4.75. The molecule has 43 heavy (non-hydrogen) atoms. The molecule has 2 aromatic carbocycles. The summed E-state index contributed by atoms with van der Waals surface area (Å²) < 4.78 is 77.2. The minimum Gasteiger partial charge on any atom is -0.486 e. The Morgan fingerprint density at radius 3 is 2.21 bits per heavy atom. The van der Waals surface area contributed by atoms with Crippen molar-refractivity contribution in [3.8, 4) is 0 Å². The van der Waals surface area contributed by atoms with Crippen LogP contribution in [0.4, 0.5) is 13.2 Å². The lowest BCUT2D eigenvalue weighted by molar-refractivity contribution is -0.273. The van der Waals surface area contributed by atoms with E-state index in [1.807, 2.05) is 0 Å². The Bertz CT molecular complexity index is 1790. The second-order valence-corrected chi connectivity index (χ2v) is 12.1. The Morgan fingerprint density at radius 1 is 0.907 bits per heavy atom. The second kappa shape index (κ2) is 10.2. The van der Waals surface area contributed by atoms with Gasteiger partial charge in [0.15, 0.2) is 0 Å². The van der Waals surface area contributed by atoms with Gasteiger partial charge in [0.05, 0.1) is 11.3 Å². The van der Waals surface area contributed by atoms with Gasteiger partial charge in [-0.3, -0.25) is 5.41 Å². The Morgan fingerprint density at radius 2 is 1.53 bits per heavy atom. The standard InChI is InChI=1S/C29H22F3NO9S/c30-29(31,32)18-7-3-4-8-19(18)43(38,39)42-41-25-15-10-9-14(11-15)24(25)40-26-20-16-6-2-1-5-13(16)12-17(20)23(33)21(27(34)35)22(26)28(36)37/h1-8,12,14-15,24-25,33H,9-11H2,(H,34,35)(H,36,37). The van der Waals surface area contributed by atoms with Crippen LogP contribution in [0.15, 0.2) is 75.9 Å². The highest BCUT2D eigenvalue weighted by Crippen LogP contribution is 2.52. The molecular formula is C29H22F3NO9S. The largest absolute Gasteiger partial charge is 0.486 e. The maximum absolute atomic E-state index is 13.5. The number of ether oxygens (including phenoxy) is 1. The van der Waals surface area contributed by atoms with Crippen LogP contribution in [0.1, 0.15) is 36.0 Å². The fourth-order valence-corrected chi connectivity index (χ4v) is 7.34. The van der Waals surface area contributed by atoms with Crippen molar-refractivity contribution < 1.29 is 55.3 Å². The van der Waals surface area contributed by atoms with E-state index in [0.29, 0.717) is 36.5 Å². The number of carboxylic acids is 2. The summed E-state index contributed by atoms with van der Waals surface area (Å²) >= 11 is 0. The average molecular weight is 618 g/mol. The molecule has 224 valence electrons. The van der Waals surface area contributed by atoms with Crippen molar-refractivity contribution in [1.82, 2.24) is 0 Å². The topological polar surface area (TPSA) is 160 Å². The first-order chi connectivity index (χ1) is 20.3. The summed E-state index contributed by atoms with van der Waals surface area (Å²) in [4.78, 5) is 28.9. The molecule has 4 aliphatic carbocycles. The molecule has 10 nitrogen and oxygen atoms in total. The number of rotatable bonds is 8. The Kier molecular flexibility index (Phi) is 6.82. The monoisotopic (exact) mass is 617 g/mol. The highest BCUT2D eigenvalue weighted by atomic mass is 32.2. The highest BCUT2D eigenvalue weighted by Gasteiger charge is 2.53. The lowest BCUT2D eigenvalue weighted by Crippen LogP contribution is -2.39. The predicted octanol–water partition coefficient (Wildman–Crippen LogP) is 4.83. The Hall–Kier alpha value is -4.27. The average Bonchev–Trinajstić information content (AvgIpc) is 3.66. The number of allylic oxidation sites excluding steroid dienone is 2. The Labute approximate surface area is 242 Å². The van der Waals surface area contributed by atoms with E-state index in [-0.39, 0.29) is 28.7 Å². The van der Waals surface area contributed by atoms with Gasteiger partial charge in [-0.2, -0.15) is 21.6 Å². The van der Waals surface area contributed by atoms with Crippen LogP contribution in [-0.2, 0) is 39.8 Å². The lowest BCUT2D eigenvalue weighted by atomic mass is 9.84. The fraction of sp³-hybridized carbons (Fsp3) is 0.276. The van der Waals surface area contributed by atoms with E-state index in [0.717, 1.165) is 18.2 Å². The van der Waals surface area contributed by atoms with Crippen LogP contribution in [0.2, 0.25) is 0 Å². The number of carboxylic acid groups (broad SMARTS) is 2. The molecule has 0 spiro atoms. The van der Waals surface area contributed by atoms with Gasteiger partial charge >= 0.3 is 28.2 Å². The molecule has 2 saturated carbocycles. The van der Waals surface area contributed by atoms with Gasteiger partial charge in [-0.25, -0.2) is 14.5 Å². The number of alkyl halides is 3. The zero-order chi connectivity index (χ0) is 30.8. The lowest BCUT2D eigenvalue weighted by Gasteiger charge is -2.33. The van der Waals surface area contributed by atoms with Crippen molar-refractivity contribution >= 4 is 39.4 Å². The molecule has 2 bridgehead atoms. The molecule has 4 aliphatic rings. The summed E-state index contributed by atoms with van der Waals surface area (Å²) in [5.41, 5.74) is -2.05. The maximum atomic E-state index is 13.5. The summed E-state index contributed by atoms with van der Waals surface area (Å²) in [7, 11) is -5.07. The summed E-state index contributed by atoms with van der Waals surface area (Å²) in [5.74, 6) is -4.26. The first-order valence-electron chi connectivity index (χ1n) is 13.1. The van der Waals surface area contributed by atoms with Gasteiger partial charge in [-0.1, -0.05) is 36.4 Å². The summed E-state index contributed by atoms with van der Waals surface area (Å²) in [6.45, 7) is 0. The van der Waals surface area contributed by atoms with Crippen LogP contribution in [0.25, 0.3) is 11.6 Å². The zero-order valence-corrected chi connectivity index (χ0v) is 22.7. The molecule has 4 unspecified atom stereocenters. The third-order valence-corrected chi connectivity index (χ3v) is 9.33. The molecule has 0 aliphatic heterocycles.